The molecule has 0 saturated heterocycles. The molecule has 0 saturated carbocycles. The molecule has 3 N–H and O–H groups in total. The number of nitrogen functional groups attached to an aromatic ring is 1. The second-order valence-electron chi connectivity index (χ2n) is 4.70. The van der Waals surface area contributed by atoms with Gasteiger partial charge in [0.1, 0.15) is 0 Å². The van der Waals surface area contributed by atoms with Crippen LogP contribution in [0, 0.1) is 0 Å². The lowest BCUT2D eigenvalue weighted by atomic mass is 10.1. The SMILES string of the molecule is CCCCN(CCO)S(=O)(=O)c1cc(N)ccc1CC. The zero-order chi connectivity index (χ0) is 15.2. The van der Waals surface area contributed by atoms with Crippen molar-refractivity contribution >= 4 is 15.7 Å². The van der Waals surface area contributed by atoms with E-state index in [1.54, 1.807) is 12.1 Å². The highest BCUT2D eigenvalue weighted by molar-refractivity contribution is 7.89. The summed E-state index contributed by atoms with van der Waals surface area (Å²) in [5.41, 5.74) is 6.90. The van der Waals surface area contributed by atoms with E-state index in [0.29, 0.717) is 18.7 Å². The van der Waals surface area contributed by atoms with E-state index >= 15 is 0 Å². The number of sulfonamides is 1. The van der Waals surface area contributed by atoms with E-state index in [4.69, 9.17) is 10.8 Å². The summed E-state index contributed by atoms with van der Waals surface area (Å²) in [7, 11) is -3.61. The number of anilines is 1. The van der Waals surface area contributed by atoms with E-state index in [0.717, 1.165) is 18.4 Å². The van der Waals surface area contributed by atoms with Crippen LogP contribution in [0.1, 0.15) is 32.3 Å². The normalized spacial score (nSPS) is 12.0. The van der Waals surface area contributed by atoms with E-state index in [1.807, 2.05) is 13.8 Å². The molecule has 0 bridgehead atoms. The Morgan fingerprint density at radius 3 is 2.50 bits per heavy atom. The number of nitrogens with two attached hydrogens (primary N) is 1. The third kappa shape index (κ3) is 3.94. The maximum atomic E-state index is 12.7. The Hall–Kier alpha value is -1.11. The molecule has 5 nitrogen and oxygen atoms in total. The van der Waals surface area contributed by atoms with E-state index in [2.05, 4.69) is 0 Å². The largest absolute Gasteiger partial charge is 0.399 e. The van der Waals surface area contributed by atoms with Crippen LogP contribution in [0.5, 0.6) is 0 Å². The second-order valence-corrected chi connectivity index (χ2v) is 6.61. The third-order valence-corrected chi connectivity index (χ3v) is 5.18. The molecule has 0 aliphatic rings. The van der Waals surface area contributed by atoms with Gasteiger partial charge in [0.2, 0.25) is 10.0 Å². The maximum absolute atomic E-state index is 12.7. The molecule has 0 unspecified atom stereocenters. The molecule has 0 atom stereocenters. The molecular weight excluding hydrogens is 276 g/mol. The number of nitrogens with zero attached hydrogens (tertiary/aromatic N) is 1. The molecule has 0 spiro atoms. The van der Waals surface area contributed by atoms with Crippen LogP contribution in [-0.4, -0.2) is 37.5 Å². The van der Waals surface area contributed by atoms with Gasteiger partial charge in [-0.3, -0.25) is 0 Å². The van der Waals surface area contributed by atoms with Crippen LogP contribution in [-0.2, 0) is 16.4 Å². The highest BCUT2D eigenvalue weighted by atomic mass is 32.2. The molecule has 6 heteroatoms. The van der Waals surface area contributed by atoms with Gasteiger partial charge in [-0.05, 0) is 30.5 Å². The van der Waals surface area contributed by atoms with Crippen molar-refractivity contribution in [2.24, 2.45) is 0 Å². The van der Waals surface area contributed by atoms with E-state index in [1.165, 1.54) is 10.4 Å². The summed E-state index contributed by atoms with van der Waals surface area (Å²) in [6.07, 6.45) is 2.29. The average Bonchev–Trinajstić information content (AvgIpc) is 2.43. The van der Waals surface area contributed by atoms with Gasteiger partial charge in [0.15, 0.2) is 0 Å². The Kier molecular flexibility index (Phi) is 6.45. The number of aliphatic hydroxyl groups excluding tert-OH is 1. The molecule has 0 fully saturated rings. The number of benzene rings is 1. The average molecular weight is 300 g/mol. The van der Waals surface area contributed by atoms with Gasteiger partial charge in [0.05, 0.1) is 11.5 Å². The maximum Gasteiger partial charge on any atom is 0.243 e. The first-order valence-electron chi connectivity index (χ1n) is 6.96. The molecule has 114 valence electrons. The fourth-order valence-corrected chi connectivity index (χ4v) is 3.84. The van der Waals surface area contributed by atoms with Crippen molar-refractivity contribution in [2.75, 3.05) is 25.4 Å². The van der Waals surface area contributed by atoms with E-state index in [-0.39, 0.29) is 18.0 Å². The molecule has 1 rings (SSSR count). The third-order valence-electron chi connectivity index (χ3n) is 3.20. The van der Waals surface area contributed by atoms with Gasteiger partial charge in [0.25, 0.3) is 0 Å². The van der Waals surface area contributed by atoms with Gasteiger partial charge in [-0.2, -0.15) is 4.31 Å². The second kappa shape index (κ2) is 7.61. The fraction of sp³-hybridized carbons (Fsp3) is 0.571. The standard InChI is InChI=1S/C14H24N2O3S/c1-3-5-8-16(9-10-17)20(18,19)14-11-13(15)7-6-12(14)4-2/h6-7,11,17H,3-5,8-10,15H2,1-2H3. The zero-order valence-electron chi connectivity index (χ0n) is 12.2. The lowest BCUT2D eigenvalue weighted by Gasteiger charge is -2.22. The lowest BCUT2D eigenvalue weighted by molar-refractivity contribution is 0.252. The number of aryl methyl sites for hydroxylation is 1. The molecule has 0 radical (unpaired) electrons. The molecule has 20 heavy (non-hydrogen) atoms. The summed E-state index contributed by atoms with van der Waals surface area (Å²) in [5, 5.41) is 9.10. The monoisotopic (exact) mass is 300 g/mol. The Balaban J connectivity index is 3.21. The number of unbranched alkanes of at least 4 members (excludes halogenated alkanes) is 1. The summed E-state index contributed by atoms with van der Waals surface area (Å²) in [4.78, 5) is 0.254. The van der Waals surface area contributed by atoms with E-state index in [9.17, 15) is 8.42 Å². The van der Waals surface area contributed by atoms with Gasteiger partial charge in [0, 0.05) is 18.8 Å². The van der Waals surface area contributed by atoms with Crippen molar-refractivity contribution < 1.29 is 13.5 Å². The minimum Gasteiger partial charge on any atom is -0.399 e. The summed E-state index contributed by atoms with van der Waals surface area (Å²) in [5.74, 6) is 0. The molecule has 0 aliphatic heterocycles. The highest BCUT2D eigenvalue weighted by Crippen LogP contribution is 2.23. The van der Waals surface area contributed by atoms with Crippen LogP contribution in [0.15, 0.2) is 23.1 Å². The molecule has 1 aromatic rings. The van der Waals surface area contributed by atoms with Gasteiger partial charge in [-0.1, -0.05) is 26.3 Å². The van der Waals surface area contributed by atoms with Gasteiger partial charge >= 0.3 is 0 Å². The molecule has 0 amide bonds. The van der Waals surface area contributed by atoms with Crippen LogP contribution in [0.4, 0.5) is 5.69 Å². The quantitative estimate of drug-likeness (QED) is 0.715. The zero-order valence-corrected chi connectivity index (χ0v) is 13.0. The first kappa shape index (κ1) is 16.9. The molecule has 0 aromatic heterocycles. The predicted molar refractivity (Wildman–Crippen MR) is 81.0 cm³/mol. The summed E-state index contributed by atoms with van der Waals surface area (Å²) < 4.78 is 26.8. The predicted octanol–water partition coefficient (Wildman–Crippen LogP) is 1.61. The van der Waals surface area contributed by atoms with Gasteiger partial charge in [-0.15, -0.1) is 0 Å². The van der Waals surface area contributed by atoms with Crippen LogP contribution >= 0.6 is 0 Å². The Bertz CT molecular complexity index is 529. The summed E-state index contributed by atoms with van der Waals surface area (Å²) >= 11 is 0. The Morgan fingerprint density at radius 1 is 1.25 bits per heavy atom. The Labute approximate surface area is 121 Å². The van der Waals surface area contributed by atoms with Crippen LogP contribution in [0.2, 0.25) is 0 Å². The van der Waals surface area contributed by atoms with E-state index < -0.39 is 10.0 Å². The minimum atomic E-state index is -3.61. The number of rotatable bonds is 8. The number of hydrogen-bond acceptors (Lipinski definition) is 4. The van der Waals surface area contributed by atoms with Crippen molar-refractivity contribution in [3.05, 3.63) is 23.8 Å². The topological polar surface area (TPSA) is 83.6 Å². The van der Waals surface area contributed by atoms with Gasteiger partial charge < -0.3 is 10.8 Å². The molecule has 0 aliphatic carbocycles. The molecular formula is C14H24N2O3S. The number of aliphatic hydroxyl groups is 1. The fourth-order valence-electron chi connectivity index (χ4n) is 2.04. The van der Waals surface area contributed by atoms with Crippen LogP contribution in [0.25, 0.3) is 0 Å². The molecule has 0 heterocycles. The van der Waals surface area contributed by atoms with Crippen molar-refractivity contribution in [3.63, 3.8) is 0 Å². The summed E-state index contributed by atoms with van der Waals surface area (Å²) in [6.45, 7) is 4.25. The first-order valence-corrected chi connectivity index (χ1v) is 8.40. The van der Waals surface area contributed by atoms with Gasteiger partial charge in [-0.25, -0.2) is 8.42 Å². The minimum absolute atomic E-state index is 0.111. The first-order chi connectivity index (χ1) is 9.47. The van der Waals surface area contributed by atoms with Crippen molar-refractivity contribution in [3.8, 4) is 0 Å². The lowest BCUT2D eigenvalue weighted by Crippen LogP contribution is -2.35. The molecule has 1 aromatic carbocycles. The smallest absolute Gasteiger partial charge is 0.243 e. The number of hydrogen-bond donors (Lipinski definition) is 2. The van der Waals surface area contributed by atoms with Crippen LogP contribution < -0.4 is 5.73 Å². The van der Waals surface area contributed by atoms with Crippen LogP contribution in [0.3, 0.4) is 0 Å². The Morgan fingerprint density at radius 2 is 1.95 bits per heavy atom. The van der Waals surface area contributed by atoms with Crippen molar-refractivity contribution in [1.29, 1.82) is 0 Å². The highest BCUT2D eigenvalue weighted by Gasteiger charge is 2.25. The summed E-state index contributed by atoms with van der Waals surface area (Å²) in [6, 6.07) is 4.96. The van der Waals surface area contributed by atoms with Crippen molar-refractivity contribution in [1.82, 2.24) is 4.31 Å². The van der Waals surface area contributed by atoms with Crippen molar-refractivity contribution in [2.45, 2.75) is 38.0 Å².